The van der Waals surface area contributed by atoms with E-state index in [0.717, 1.165) is 11.3 Å². The quantitative estimate of drug-likeness (QED) is 0.932. The Morgan fingerprint density at radius 2 is 2.11 bits per heavy atom. The highest BCUT2D eigenvalue weighted by Crippen LogP contribution is 2.20. The molecule has 1 unspecified atom stereocenters. The van der Waals surface area contributed by atoms with Gasteiger partial charge in [0.1, 0.15) is 0 Å². The van der Waals surface area contributed by atoms with Gasteiger partial charge in [-0.25, -0.2) is 4.98 Å². The molecule has 0 fully saturated rings. The van der Waals surface area contributed by atoms with Gasteiger partial charge in [0.05, 0.1) is 23.9 Å². The third-order valence-corrected chi connectivity index (χ3v) is 3.69. The van der Waals surface area contributed by atoms with E-state index in [1.54, 1.807) is 36.0 Å². The van der Waals surface area contributed by atoms with Gasteiger partial charge in [-0.15, -0.1) is 11.3 Å². The van der Waals surface area contributed by atoms with Crippen molar-refractivity contribution in [2.24, 2.45) is 0 Å². The maximum Gasteiger partial charge on any atom is 0.253 e. The molecule has 1 atom stereocenters. The zero-order valence-corrected chi connectivity index (χ0v) is 11.7. The topological polar surface area (TPSA) is 53.4 Å². The van der Waals surface area contributed by atoms with E-state index in [1.807, 2.05) is 24.4 Å². The summed E-state index contributed by atoms with van der Waals surface area (Å²) in [6, 6.07) is 7.17. The molecule has 0 spiro atoms. The number of aliphatic hydroxyl groups is 1. The van der Waals surface area contributed by atoms with Gasteiger partial charge in [0.25, 0.3) is 5.91 Å². The molecular formula is C14H16N2O2S. The van der Waals surface area contributed by atoms with E-state index in [0.29, 0.717) is 5.56 Å². The first kappa shape index (κ1) is 13.7. The van der Waals surface area contributed by atoms with Crippen molar-refractivity contribution in [3.8, 4) is 11.3 Å². The van der Waals surface area contributed by atoms with Gasteiger partial charge in [-0.3, -0.25) is 4.79 Å². The zero-order chi connectivity index (χ0) is 13.8. The molecule has 0 aliphatic carbocycles. The van der Waals surface area contributed by atoms with Crippen LogP contribution in [0.4, 0.5) is 0 Å². The van der Waals surface area contributed by atoms with Crippen LogP contribution in [0.1, 0.15) is 17.3 Å². The first-order valence-corrected chi connectivity index (χ1v) is 6.94. The van der Waals surface area contributed by atoms with Crippen molar-refractivity contribution in [1.29, 1.82) is 0 Å². The van der Waals surface area contributed by atoms with Crippen LogP contribution in [0.25, 0.3) is 11.3 Å². The lowest BCUT2D eigenvalue weighted by Crippen LogP contribution is -2.37. The summed E-state index contributed by atoms with van der Waals surface area (Å²) in [5, 5.41) is 11.0. The first-order chi connectivity index (χ1) is 9.13. The number of aromatic nitrogens is 1. The van der Waals surface area contributed by atoms with E-state index in [1.165, 1.54) is 4.90 Å². The van der Waals surface area contributed by atoms with Crippen LogP contribution >= 0.6 is 11.3 Å². The molecular weight excluding hydrogens is 260 g/mol. The van der Waals surface area contributed by atoms with Crippen LogP contribution in [0.5, 0.6) is 0 Å². The van der Waals surface area contributed by atoms with Gasteiger partial charge in [0, 0.05) is 23.6 Å². The van der Waals surface area contributed by atoms with Crippen molar-refractivity contribution in [2.45, 2.75) is 13.0 Å². The summed E-state index contributed by atoms with van der Waals surface area (Å²) in [5.41, 5.74) is 4.31. The van der Waals surface area contributed by atoms with Gasteiger partial charge in [-0.2, -0.15) is 0 Å². The molecule has 1 aromatic carbocycles. The summed E-state index contributed by atoms with van der Waals surface area (Å²) >= 11 is 1.54. The molecule has 2 aromatic rings. The average Bonchev–Trinajstić information content (AvgIpc) is 2.99. The fraction of sp³-hybridized carbons (Fsp3) is 0.286. The third kappa shape index (κ3) is 3.00. The van der Waals surface area contributed by atoms with Gasteiger partial charge >= 0.3 is 0 Å². The van der Waals surface area contributed by atoms with Gasteiger partial charge in [-0.1, -0.05) is 12.1 Å². The van der Waals surface area contributed by atoms with Crippen molar-refractivity contribution >= 4 is 17.2 Å². The summed E-state index contributed by atoms with van der Waals surface area (Å²) in [6.07, 6.45) is 0. The molecule has 1 aromatic heterocycles. The second-order valence-corrected chi connectivity index (χ2v) is 5.12. The smallest absolute Gasteiger partial charge is 0.253 e. The van der Waals surface area contributed by atoms with Crippen LogP contribution in [0.15, 0.2) is 35.2 Å². The summed E-state index contributed by atoms with van der Waals surface area (Å²) in [5.74, 6) is -0.0913. The van der Waals surface area contributed by atoms with Crippen LogP contribution < -0.4 is 0 Å². The molecule has 0 aliphatic rings. The first-order valence-electron chi connectivity index (χ1n) is 6.00. The third-order valence-electron chi connectivity index (χ3n) is 3.11. The lowest BCUT2D eigenvalue weighted by Gasteiger charge is -2.23. The normalized spacial score (nSPS) is 12.2. The minimum atomic E-state index is -0.189. The number of likely N-dealkylation sites (N-methyl/N-ethyl adjacent to an activating group) is 1. The Morgan fingerprint density at radius 3 is 2.63 bits per heavy atom. The van der Waals surface area contributed by atoms with Crippen molar-refractivity contribution < 1.29 is 9.90 Å². The summed E-state index contributed by atoms with van der Waals surface area (Å²) in [4.78, 5) is 17.9. The van der Waals surface area contributed by atoms with E-state index < -0.39 is 0 Å². The largest absolute Gasteiger partial charge is 0.394 e. The van der Waals surface area contributed by atoms with Gasteiger partial charge in [-0.05, 0) is 19.1 Å². The van der Waals surface area contributed by atoms with Crippen molar-refractivity contribution in [1.82, 2.24) is 9.88 Å². The summed E-state index contributed by atoms with van der Waals surface area (Å²) in [6.45, 7) is 1.76. The fourth-order valence-corrected chi connectivity index (χ4v) is 2.23. The van der Waals surface area contributed by atoms with Crippen LogP contribution in [0.2, 0.25) is 0 Å². The predicted octanol–water partition coefficient (Wildman–Crippen LogP) is 2.26. The summed E-state index contributed by atoms with van der Waals surface area (Å²) in [7, 11) is 1.69. The highest BCUT2D eigenvalue weighted by Gasteiger charge is 2.16. The van der Waals surface area contributed by atoms with Gasteiger partial charge in [0.15, 0.2) is 0 Å². The molecule has 1 heterocycles. The molecule has 1 amide bonds. The number of carbonyl (C=O) groups excluding carboxylic acids is 1. The Kier molecular flexibility index (Phi) is 4.29. The van der Waals surface area contributed by atoms with E-state index in [4.69, 9.17) is 5.11 Å². The number of hydrogen-bond acceptors (Lipinski definition) is 4. The standard InChI is InChI=1S/C14H16N2O2S/c1-10(7-17)16(2)14(18)12-5-3-11(4-6-12)13-8-19-9-15-13/h3-6,8-10,17H,7H2,1-2H3. The maximum atomic E-state index is 12.1. The van der Waals surface area contributed by atoms with E-state index in [9.17, 15) is 4.79 Å². The number of aliphatic hydroxyl groups excluding tert-OH is 1. The number of rotatable bonds is 4. The van der Waals surface area contributed by atoms with Crippen molar-refractivity contribution in [2.75, 3.05) is 13.7 Å². The van der Waals surface area contributed by atoms with E-state index in [2.05, 4.69) is 4.98 Å². The second kappa shape index (κ2) is 5.95. The molecule has 19 heavy (non-hydrogen) atoms. The minimum Gasteiger partial charge on any atom is -0.394 e. The molecule has 0 radical (unpaired) electrons. The molecule has 5 heteroatoms. The van der Waals surface area contributed by atoms with Crippen LogP contribution in [0.3, 0.4) is 0 Å². The molecule has 0 aliphatic heterocycles. The Morgan fingerprint density at radius 1 is 1.42 bits per heavy atom. The number of hydrogen-bond donors (Lipinski definition) is 1. The number of thiazole rings is 1. The number of nitrogens with zero attached hydrogens (tertiary/aromatic N) is 2. The average molecular weight is 276 g/mol. The Labute approximate surface area is 116 Å². The predicted molar refractivity (Wildman–Crippen MR) is 76.2 cm³/mol. The Balaban J connectivity index is 2.17. The highest BCUT2D eigenvalue weighted by molar-refractivity contribution is 7.07. The number of benzene rings is 1. The van der Waals surface area contributed by atoms with Gasteiger partial charge < -0.3 is 10.0 Å². The highest BCUT2D eigenvalue weighted by atomic mass is 32.1. The molecule has 0 saturated carbocycles. The van der Waals surface area contributed by atoms with Crippen LogP contribution in [-0.2, 0) is 0 Å². The van der Waals surface area contributed by atoms with Crippen molar-refractivity contribution in [3.63, 3.8) is 0 Å². The van der Waals surface area contributed by atoms with Crippen LogP contribution in [0, 0.1) is 0 Å². The molecule has 1 N–H and O–H groups in total. The number of amides is 1. The maximum absolute atomic E-state index is 12.1. The SMILES string of the molecule is CC(CO)N(C)C(=O)c1ccc(-c2cscn2)cc1. The van der Waals surface area contributed by atoms with Gasteiger partial charge in [0.2, 0.25) is 0 Å². The minimum absolute atomic E-state index is 0.0425. The number of carbonyl (C=O) groups is 1. The fourth-order valence-electron chi connectivity index (χ4n) is 1.66. The monoisotopic (exact) mass is 276 g/mol. The second-order valence-electron chi connectivity index (χ2n) is 4.40. The van der Waals surface area contributed by atoms with E-state index in [-0.39, 0.29) is 18.6 Å². The molecule has 0 bridgehead atoms. The molecule has 2 rings (SSSR count). The lowest BCUT2D eigenvalue weighted by molar-refractivity contribution is 0.0682. The molecule has 4 nitrogen and oxygen atoms in total. The lowest BCUT2D eigenvalue weighted by atomic mass is 10.1. The Hall–Kier alpha value is -1.72. The van der Waals surface area contributed by atoms with Crippen LogP contribution in [-0.4, -0.2) is 40.6 Å². The Bertz CT molecular complexity index is 537. The molecule has 100 valence electrons. The van der Waals surface area contributed by atoms with Crippen molar-refractivity contribution in [3.05, 3.63) is 40.7 Å². The van der Waals surface area contributed by atoms with E-state index >= 15 is 0 Å². The molecule has 0 saturated heterocycles. The summed E-state index contributed by atoms with van der Waals surface area (Å²) < 4.78 is 0. The zero-order valence-electron chi connectivity index (χ0n) is 10.9.